The maximum absolute atomic E-state index is 13.1. The van der Waals surface area contributed by atoms with Crippen LogP contribution in [0.3, 0.4) is 0 Å². The number of alkyl halides is 3. The van der Waals surface area contributed by atoms with E-state index in [4.69, 9.17) is 10.5 Å². The minimum absolute atomic E-state index is 0.0795. The Kier molecular flexibility index (Phi) is 5.97. The van der Waals surface area contributed by atoms with E-state index in [9.17, 15) is 22.8 Å². The number of hydrogen-bond donors (Lipinski definition) is 1. The molecule has 1 saturated heterocycles. The number of amides is 2. The van der Waals surface area contributed by atoms with Gasteiger partial charge in [-0.05, 0) is 17.7 Å². The minimum atomic E-state index is -4.45. The first-order chi connectivity index (χ1) is 13.7. The lowest BCUT2D eigenvalue weighted by atomic mass is 10.1. The summed E-state index contributed by atoms with van der Waals surface area (Å²) in [5.74, 6) is -0.614. The lowest BCUT2D eigenvalue weighted by Crippen LogP contribution is -2.49. The van der Waals surface area contributed by atoms with Crippen molar-refractivity contribution in [2.75, 3.05) is 26.2 Å². The highest BCUT2D eigenvalue weighted by Gasteiger charge is 2.34. The van der Waals surface area contributed by atoms with Crippen molar-refractivity contribution in [3.8, 4) is 5.75 Å². The number of halogens is 3. The quantitative estimate of drug-likeness (QED) is 0.828. The van der Waals surface area contributed by atoms with Gasteiger partial charge < -0.3 is 15.4 Å². The molecule has 8 nitrogen and oxygen atoms in total. The molecule has 0 spiro atoms. The predicted octanol–water partition coefficient (Wildman–Crippen LogP) is 1.91. The van der Waals surface area contributed by atoms with Gasteiger partial charge >= 0.3 is 12.3 Å². The molecule has 0 aliphatic carbocycles. The van der Waals surface area contributed by atoms with Crippen LogP contribution in [0.25, 0.3) is 0 Å². The number of pyridine rings is 2. The number of nitrogens with two attached hydrogens (primary N) is 1. The molecule has 3 heterocycles. The fourth-order valence-corrected chi connectivity index (χ4v) is 2.93. The van der Waals surface area contributed by atoms with E-state index in [1.54, 1.807) is 0 Å². The van der Waals surface area contributed by atoms with Crippen LogP contribution in [0, 0.1) is 0 Å². The standard InChI is InChI=1S/C18H18F3N5O3/c19-18(20,21)15-1-2-23-9-13(15)11-25-3-5-26(6-4-25)17(28)29-14-7-12(16(22)27)8-24-10-14/h1-2,7-10H,3-6,11H2,(H2,22,27). The summed E-state index contributed by atoms with van der Waals surface area (Å²) < 4.78 is 44.5. The van der Waals surface area contributed by atoms with Crippen LogP contribution in [0.4, 0.5) is 18.0 Å². The van der Waals surface area contributed by atoms with Crippen molar-refractivity contribution >= 4 is 12.0 Å². The Bertz CT molecular complexity index is 898. The van der Waals surface area contributed by atoms with Gasteiger partial charge in [0.25, 0.3) is 0 Å². The van der Waals surface area contributed by atoms with Gasteiger partial charge in [0.2, 0.25) is 5.91 Å². The highest BCUT2D eigenvalue weighted by atomic mass is 19.4. The molecular weight excluding hydrogens is 391 g/mol. The number of nitrogens with zero attached hydrogens (tertiary/aromatic N) is 4. The van der Waals surface area contributed by atoms with Crippen LogP contribution in [0.2, 0.25) is 0 Å². The van der Waals surface area contributed by atoms with Crippen LogP contribution in [-0.2, 0) is 12.7 Å². The third kappa shape index (κ3) is 5.19. The Morgan fingerprint density at radius 3 is 2.48 bits per heavy atom. The summed E-state index contributed by atoms with van der Waals surface area (Å²) in [6.07, 6.45) is -0.221. The van der Waals surface area contributed by atoms with Crippen molar-refractivity contribution in [3.63, 3.8) is 0 Å². The molecule has 0 saturated carbocycles. The molecule has 2 amide bonds. The van der Waals surface area contributed by atoms with E-state index in [2.05, 4.69) is 9.97 Å². The summed E-state index contributed by atoms with van der Waals surface area (Å²) in [4.78, 5) is 34.3. The first kappa shape index (κ1) is 20.5. The fourth-order valence-electron chi connectivity index (χ4n) is 2.93. The first-order valence-electron chi connectivity index (χ1n) is 8.68. The average Bonchev–Trinajstić information content (AvgIpc) is 2.68. The average molecular weight is 409 g/mol. The molecule has 2 N–H and O–H groups in total. The van der Waals surface area contributed by atoms with E-state index in [-0.39, 0.29) is 36.5 Å². The van der Waals surface area contributed by atoms with Crippen molar-refractivity contribution in [1.29, 1.82) is 0 Å². The molecule has 2 aromatic rings. The van der Waals surface area contributed by atoms with Crippen molar-refractivity contribution in [3.05, 3.63) is 53.6 Å². The zero-order chi connectivity index (χ0) is 21.0. The third-order valence-corrected chi connectivity index (χ3v) is 4.44. The van der Waals surface area contributed by atoms with Crippen molar-refractivity contribution in [1.82, 2.24) is 19.8 Å². The summed E-state index contributed by atoms with van der Waals surface area (Å²) >= 11 is 0. The van der Waals surface area contributed by atoms with Gasteiger partial charge in [-0.2, -0.15) is 13.2 Å². The van der Waals surface area contributed by atoms with E-state index in [0.717, 1.165) is 12.3 Å². The number of carbonyl (C=O) groups excluding carboxylic acids is 2. The monoisotopic (exact) mass is 409 g/mol. The van der Waals surface area contributed by atoms with Gasteiger partial charge in [-0.1, -0.05) is 0 Å². The van der Waals surface area contributed by atoms with Gasteiger partial charge in [-0.3, -0.25) is 19.7 Å². The van der Waals surface area contributed by atoms with E-state index < -0.39 is 23.7 Å². The number of piperazine rings is 1. The second kappa shape index (κ2) is 8.43. The summed E-state index contributed by atoms with van der Waals surface area (Å²) in [7, 11) is 0. The molecule has 1 fully saturated rings. The largest absolute Gasteiger partial charge is 0.416 e. The molecule has 0 unspecified atom stereocenters. The Hall–Kier alpha value is -3.21. The molecule has 29 heavy (non-hydrogen) atoms. The second-order valence-electron chi connectivity index (χ2n) is 6.44. The Morgan fingerprint density at radius 2 is 1.83 bits per heavy atom. The van der Waals surface area contributed by atoms with Crippen LogP contribution in [0.15, 0.2) is 36.9 Å². The van der Waals surface area contributed by atoms with Crippen molar-refractivity contribution in [2.45, 2.75) is 12.7 Å². The van der Waals surface area contributed by atoms with Gasteiger partial charge in [-0.15, -0.1) is 0 Å². The molecule has 11 heteroatoms. The number of rotatable bonds is 4. The summed E-state index contributed by atoms with van der Waals surface area (Å²) in [5, 5.41) is 0. The van der Waals surface area contributed by atoms with Crippen LogP contribution in [-0.4, -0.2) is 57.9 Å². The predicted molar refractivity (Wildman–Crippen MR) is 94.9 cm³/mol. The number of carbonyl (C=O) groups is 2. The Labute approximate surface area is 164 Å². The van der Waals surface area contributed by atoms with Crippen LogP contribution < -0.4 is 10.5 Å². The molecule has 154 valence electrons. The smallest absolute Gasteiger partial charge is 0.409 e. The zero-order valence-corrected chi connectivity index (χ0v) is 15.2. The molecule has 0 atom stereocenters. The van der Waals surface area contributed by atoms with Crippen LogP contribution in [0.5, 0.6) is 5.75 Å². The van der Waals surface area contributed by atoms with Crippen LogP contribution >= 0.6 is 0 Å². The summed E-state index contributed by atoms with van der Waals surface area (Å²) in [5.41, 5.74) is 4.65. The molecule has 2 aromatic heterocycles. The molecule has 0 bridgehead atoms. The van der Waals surface area contributed by atoms with Gasteiger partial charge in [0.15, 0.2) is 5.75 Å². The fraction of sp³-hybridized carbons (Fsp3) is 0.333. The number of ether oxygens (including phenoxy) is 1. The summed E-state index contributed by atoms with van der Waals surface area (Å²) in [6, 6.07) is 2.27. The molecule has 3 rings (SSSR count). The highest BCUT2D eigenvalue weighted by molar-refractivity contribution is 5.92. The molecule has 1 aliphatic rings. The minimum Gasteiger partial charge on any atom is -0.409 e. The maximum atomic E-state index is 13.1. The Balaban J connectivity index is 1.56. The molecule has 0 aromatic carbocycles. The summed E-state index contributed by atoms with van der Waals surface area (Å²) in [6.45, 7) is 1.39. The van der Waals surface area contributed by atoms with Crippen LogP contribution in [0.1, 0.15) is 21.5 Å². The second-order valence-corrected chi connectivity index (χ2v) is 6.44. The van der Waals surface area contributed by atoms with E-state index in [0.29, 0.717) is 13.1 Å². The van der Waals surface area contributed by atoms with Gasteiger partial charge in [0.05, 0.1) is 17.3 Å². The topological polar surface area (TPSA) is 102 Å². The van der Waals surface area contributed by atoms with Gasteiger partial charge in [-0.25, -0.2) is 4.79 Å². The molecule has 0 radical (unpaired) electrons. The van der Waals surface area contributed by atoms with Gasteiger partial charge in [0, 0.05) is 51.3 Å². The van der Waals surface area contributed by atoms with Crippen molar-refractivity contribution < 1.29 is 27.5 Å². The molecule has 1 aliphatic heterocycles. The van der Waals surface area contributed by atoms with E-state index in [1.807, 2.05) is 4.90 Å². The highest BCUT2D eigenvalue weighted by Crippen LogP contribution is 2.32. The number of hydrogen-bond acceptors (Lipinski definition) is 6. The number of primary amides is 1. The lowest BCUT2D eigenvalue weighted by Gasteiger charge is -2.34. The van der Waals surface area contributed by atoms with Crippen molar-refractivity contribution in [2.24, 2.45) is 5.73 Å². The normalized spacial score (nSPS) is 15.2. The third-order valence-electron chi connectivity index (χ3n) is 4.44. The SMILES string of the molecule is NC(=O)c1cncc(OC(=O)N2CCN(Cc3cnccc3C(F)(F)F)CC2)c1. The van der Waals surface area contributed by atoms with E-state index in [1.165, 1.54) is 29.6 Å². The number of aromatic nitrogens is 2. The first-order valence-corrected chi connectivity index (χ1v) is 8.68. The lowest BCUT2D eigenvalue weighted by molar-refractivity contribution is -0.138. The van der Waals surface area contributed by atoms with E-state index >= 15 is 0 Å². The Morgan fingerprint density at radius 1 is 1.10 bits per heavy atom. The maximum Gasteiger partial charge on any atom is 0.416 e. The molecular formula is C18H18F3N5O3. The van der Waals surface area contributed by atoms with Gasteiger partial charge in [0.1, 0.15) is 0 Å². The zero-order valence-electron chi connectivity index (χ0n) is 15.2.